The van der Waals surface area contributed by atoms with Crippen LogP contribution in [0.4, 0.5) is 0 Å². The highest BCUT2D eigenvalue weighted by Gasteiger charge is 2.26. The molecule has 1 aromatic rings. The molecule has 0 bridgehead atoms. The van der Waals surface area contributed by atoms with E-state index in [9.17, 15) is 4.79 Å². The second kappa shape index (κ2) is 5.32. The van der Waals surface area contributed by atoms with E-state index in [-0.39, 0.29) is 11.9 Å². The smallest absolute Gasteiger partial charge is 0.241 e. The van der Waals surface area contributed by atoms with Crippen molar-refractivity contribution in [2.24, 2.45) is 11.7 Å². The zero-order chi connectivity index (χ0) is 12.3. The molecule has 17 heavy (non-hydrogen) atoms. The zero-order valence-corrected chi connectivity index (χ0v) is 10.2. The molecule has 1 saturated carbocycles. The summed E-state index contributed by atoms with van der Waals surface area (Å²) in [6.07, 6.45) is 3.74. The Morgan fingerprint density at radius 3 is 2.53 bits per heavy atom. The number of amides is 1. The fraction of sp³-hybridized carbons (Fsp3) is 0.500. The molecular formula is C14H20N2O. The quantitative estimate of drug-likeness (QED) is 0.834. The lowest BCUT2D eigenvalue weighted by Crippen LogP contribution is -2.44. The molecule has 3 heteroatoms. The molecule has 1 aromatic carbocycles. The Hall–Kier alpha value is -1.35. The molecule has 0 spiro atoms. The monoisotopic (exact) mass is 232 g/mol. The van der Waals surface area contributed by atoms with Crippen molar-refractivity contribution in [3.63, 3.8) is 0 Å². The van der Waals surface area contributed by atoms with Crippen molar-refractivity contribution >= 4 is 5.91 Å². The molecule has 3 N–H and O–H groups in total. The molecule has 1 fully saturated rings. The summed E-state index contributed by atoms with van der Waals surface area (Å²) in [5.74, 6) is 0.567. The van der Waals surface area contributed by atoms with Gasteiger partial charge in [0.05, 0.1) is 0 Å². The van der Waals surface area contributed by atoms with Gasteiger partial charge < -0.3 is 11.1 Å². The molecule has 0 aliphatic heterocycles. The van der Waals surface area contributed by atoms with Crippen molar-refractivity contribution in [2.45, 2.75) is 38.3 Å². The van der Waals surface area contributed by atoms with Crippen LogP contribution in [0.15, 0.2) is 30.3 Å². The van der Waals surface area contributed by atoms with Gasteiger partial charge >= 0.3 is 0 Å². The molecule has 1 amide bonds. The number of hydrogen-bond donors (Lipinski definition) is 2. The van der Waals surface area contributed by atoms with E-state index in [1.807, 2.05) is 30.3 Å². The summed E-state index contributed by atoms with van der Waals surface area (Å²) in [4.78, 5) is 12.0. The van der Waals surface area contributed by atoms with E-state index < -0.39 is 6.04 Å². The number of carbonyl (C=O) groups is 1. The van der Waals surface area contributed by atoms with Crippen molar-refractivity contribution in [2.75, 3.05) is 0 Å². The Kier molecular flexibility index (Phi) is 3.79. The Morgan fingerprint density at radius 2 is 2.00 bits per heavy atom. The Balaban J connectivity index is 1.91. The van der Waals surface area contributed by atoms with Crippen LogP contribution in [0.1, 0.15) is 37.8 Å². The fourth-order valence-corrected chi connectivity index (χ4v) is 2.18. The summed E-state index contributed by atoms with van der Waals surface area (Å²) in [5, 5.41) is 3.02. The van der Waals surface area contributed by atoms with Gasteiger partial charge in [0.15, 0.2) is 0 Å². The van der Waals surface area contributed by atoms with Crippen molar-refractivity contribution in [1.82, 2.24) is 5.32 Å². The third-order valence-corrected chi connectivity index (χ3v) is 3.67. The van der Waals surface area contributed by atoms with Crippen LogP contribution in [-0.4, -0.2) is 11.9 Å². The van der Waals surface area contributed by atoms with Gasteiger partial charge in [-0.3, -0.25) is 4.79 Å². The van der Waals surface area contributed by atoms with Crippen LogP contribution in [-0.2, 0) is 4.79 Å². The van der Waals surface area contributed by atoms with Crippen LogP contribution in [0.25, 0.3) is 0 Å². The van der Waals surface area contributed by atoms with Crippen LogP contribution >= 0.6 is 0 Å². The first-order valence-corrected chi connectivity index (χ1v) is 6.29. The van der Waals surface area contributed by atoms with Gasteiger partial charge in [0, 0.05) is 6.04 Å². The van der Waals surface area contributed by atoms with E-state index in [0.717, 1.165) is 5.56 Å². The lowest BCUT2D eigenvalue weighted by atomic mass is 9.80. The van der Waals surface area contributed by atoms with E-state index >= 15 is 0 Å². The second-order valence-corrected chi connectivity index (χ2v) is 4.88. The number of hydrogen-bond acceptors (Lipinski definition) is 2. The van der Waals surface area contributed by atoms with Gasteiger partial charge in [-0.25, -0.2) is 0 Å². The summed E-state index contributed by atoms with van der Waals surface area (Å²) < 4.78 is 0. The fourth-order valence-electron chi connectivity index (χ4n) is 2.18. The lowest BCUT2D eigenvalue weighted by molar-refractivity contribution is -0.123. The largest absolute Gasteiger partial charge is 0.352 e. The standard InChI is InChI=1S/C14H20N2O/c1-10(11-8-5-9-11)16-14(17)13(15)12-6-3-2-4-7-12/h2-4,6-7,10-11,13H,5,8-9,15H2,1H3,(H,16,17). The van der Waals surface area contributed by atoms with E-state index in [1.165, 1.54) is 19.3 Å². The number of benzene rings is 1. The van der Waals surface area contributed by atoms with Crippen molar-refractivity contribution in [1.29, 1.82) is 0 Å². The van der Waals surface area contributed by atoms with E-state index in [1.54, 1.807) is 0 Å². The molecular weight excluding hydrogens is 212 g/mol. The predicted octanol–water partition coefficient (Wildman–Crippen LogP) is 1.99. The van der Waals surface area contributed by atoms with Gasteiger partial charge in [0.25, 0.3) is 0 Å². The average molecular weight is 232 g/mol. The molecule has 92 valence electrons. The SMILES string of the molecule is CC(NC(=O)C(N)c1ccccc1)C1CCC1. The molecule has 1 aliphatic rings. The molecule has 0 radical (unpaired) electrons. The maximum atomic E-state index is 12.0. The van der Waals surface area contributed by atoms with E-state index in [0.29, 0.717) is 5.92 Å². The third kappa shape index (κ3) is 2.86. The molecule has 3 nitrogen and oxygen atoms in total. The Bertz CT molecular complexity index is 373. The topological polar surface area (TPSA) is 55.1 Å². The van der Waals surface area contributed by atoms with Gasteiger partial charge in [0.1, 0.15) is 6.04 Å². The average Bonchev–Trinajstić information content (AvgIpc) is 2.26. The first-order chi connectivity index (χ1) is 8.18. The van der Waals surface area contributed by atoms with Gasteiger partial charge in [0.2, 0.25) is 5.91 Å². The molecule has 0 aromatic heterocycles. The van der Waals surface area contributed by atoms with Crippen molar-refractivity contribution in [3.8, 4) is 0 Å². The second-order valence-electron chi connectivity index (χ2n) is 4.88. The minimum atomic E-state index is -0.557. The van der Waals surface area contributed by atoms with Crippen LogP contribution in [0.3, 0.4) is 0 Å². The Morgan fingerprint density at radius 1 is 1.35 bits per heavy atom. The summed E-state index contributed by atoms with van der Waals surface area (Å²) in [5.41, 5.74) is 6.80. The first-order valence-electron chi connectivity index (χ1n) is 6.29. The zero-order valence-electron chi connectivity index (χ0n) is 10.2. The lowest BCUT2D eigenvalue weighted by Gasteiger charge is -2.32. The highest BCUT2D eigenvalue weighted by molar-refractivity contribution is 5.83. The van der Waals surface area contributed by atoms with Crippen LogP contribution < -0.4 is 11.1 Å². The maximum Gasteiger partial charge on any atom is 0.241 e. The maximum absolute atomic E-state index is 12.0. The van der Waals surface area contributed by atoms with Gasteiger partial charge in [-0.1, -0.05) is 36.8 Å². The number of nitrogens with one attached hydrogen (secondary N) is 1. The minimum Gasteiger partial charge on any atom is -0.352 e. The van der Waals surface area contributed by atoms with Gasteiger partial charge in [-0.15, -0.1) is 0 Å². The summed E-state index contributed by atoms with van der Waals surface area (Å²) in [6, 6.07) is 9.18. The number of rotatable bonds is 4. The molecule has 2 unspecified atom stereocenters. The normalized spacial score (nSPS) is 19.2. The molecule has 0 saturated heterocycles. The Labute approximate surface area is 102 Å². The van der Waals surface area contributed by atoms with Crippen molar-refractivity contribution in [3.05, 3.63) is 35.9 Å². The number of nitrogens with two attached hydrogens (primary N) is 1. The summed E-state index contributed by atoms with van der Waals surface area (Å²) in [7, 11) is 0. The molecule has 0 heterocycles. The number of carbonyl (C=O) groups excluding carboxylic acids is 1. The highest BCUT2D eigenvalue weighted by atomic mass is 16.2. The summed E-state index contributed by atoms with van der Waals surface area (Å²) in [6.45, 7) is 2.07. The first kappa shape index (κ1) is 12.1. The summed E-state index contributed by atoms with van der Waals surface area (Å²) >= 11 is 0. The van der Waals surface area contributed by atoms with Gasteiger partial charge in [-0.05, 0) is 31.2 Å². The van der Waals surface area contributed by atoms with Crippen LogP contribution in [0.2, 0.25) is 0 Å². The highest BCUT2D eigenvalue weighted by Crippen LogP contribution is 2.29. The van der Waals surface area contributed by atoms with E-state index in [4.69, 9.17) is 5.73 Å². The third-order valence-electron chi connectivity index (χ3n) is 3.67. The molecule has 1 aliphatic carbocycles. The molecule has 2 rings (SSSR count). The van der Waals surface area contributed by atoms with Crippen molar-refractivity contribution < 1.29 is 4.79 Å². The predicted molar refractivity (Wildman–Crippen MR) is 68.3 cm³/mol. The van der Waals surface area contributed by atoms with E-state index in [2.05, 4.69) is 12.2 Å². The van der Waals surface area contributed by atoms with Gasteiger partial charge in [-0.2, -0.15) is 0 Å². The van der Waals surface area contributed by atoms with Crippen LogP contribution in [0.5, 0.6) is 0 Å². The molecule has 2 atom stereocenters. The minimum absolute atomic E-state index is 0.0735. The van der Waals surface area contributed by atoms with Crippen LogP contribution in [0, 0.1) is 5.92 Å².